The number of piperazine rings is 1. The van der Waals surface area contributed by atoms with Crippen LogP contribution in [0, 0.1) is 0 Å². The molecule has 2 nitrogen and oxygen atoms in total. The summed E-state index contributed by atoms with van der Waals surface area (Å²) in [6, 6.07) is 0.652. The van der Waals surface area contributed by atoms with E-state index in [1.54, 1.807) is 0 Å². The van der Waals surface area contributed by atoms with Crippen molar-refractivity contribution in [2.75, 3.05) is 19.6 Å². The van der Waals surface area contributed by atoms with Gasteiger partial charge in [0.25, 0.3) is 0 Å². The second-order valence-corrected chi connectivity index (χ2v) is 3.09. The molecule has 0 aromatic rings. The van der Waals surface area contributed by atoms with Gasteiger partial charge in [-0.15, -0.1) is 0 Å². The van der Waals surface area contributed by atoms with Crippen LogP contribution in [0.25, 0.3) is 0 Å². The molecule has 0 unspecified atom stereocenters. The molecule has 72 valence electrons. The number of hydrogen-bond acceptors (Lipinski definition) is 2. The minimum absolute atomic E-state index is 0.652. The first kappa shape index (κ1) is 11.5. The highest BCUT2D eigenvalue weighted by Crippen LogP contribution is 2.03. The SMILES string of the molecule is C=C1CN(C(C)C)CCN1.CC. The summed E-state index contributed by atoms with van der Waals surface area (Å²) in [5, 5.41) is 3.23. The van der Waals surface area contributed by atoms with Crippen LogP contribution in [0.15, 0.2) is 12.3 Å². The molecule has 0 amide bonds. The van der Waals surface area contributed by atoms with E-state index >= 15 is 0 Å². The predicted octanol–water partition coefficient (Wildman–Crippen LogP) is 1.84. The Morgan fingerprint density at radius 1 is 1.42 bits per heavy atom. The van der Waals surface area contributed by atoms with E-state index < -0.39 is 0 Å². The normalized spacial score (nSPS) is 18.2. The minimum atomic E-state index is 0.652. The van der Waals surface area contributed by atoms with Crippen LogP contribution < -0.4 is 5.32 Å². The zero-order valence-corrected chi connectivity index (χ0v) is 8.85. The van der Waals surface area contributed by atoms with Crippen molar-refractivity contribution >= 4 is 0 Å². The fourth-order valence-corrected chi connectivity index (χ4v) is 1.20. The maximum atomic E-state index is 3.89. The molecule has 0 bridgehead atoms. The molecule has 0 spiro atoms. The van der Waals surface area contributed by atoms with Crippen molar-refractivity contribution in [2.24, 2.45) is 0 Å². The minimum Gasteiger partial charge on any atom is -0.386 e. The van der Waals surface area contributed by atoms with E-state index in [0.29, 0.717) is 6.04 Å². The third kappa shape index (κ3) is 3.77. The largest absolute Gasteiger partial charge is 0.386 e. The van der Waals surface area contributed by atoms with Gasteiger partial charge in [-0.25, -0.2) is 0 Å². The van der Waals surface area contributed by atoms with Gasteiger partial charge in [0, 0.05) is 31.4 Å². The fraction of sp³-hybridized carbons (Fsp3) is 0.800. The Labute approximate surface area is 76.6 Å². The van der Waals surface area contributed by atoms with Crippen molar-refractivity contribution in [3.63, 3.8) is 0 Å². The van der Waals surface area contributed by atoms with Gasteiger partial charge in [-0.3, -0.25) is 4.90 Å². The lowest BCUT2D eigenvalue weighted by Gasteiger charge is -2.32. The van der Waals surface area contributed by atoms with Crippen LogP contribution in [0.4, 0.5) is 0 Å². The highest BCUT2D eigenvalue weighted by Gasteiger charge is 2.13. The second-order valence-electron chi connectivity index (χ2n) is 3.09. The molecule has 1 aliphatic heterocycles. The lowest BCUT2D eigenvalue weighted by atomic mass is 10.2. The Hall–Kier alpha value is -0.500. The molecule has 1 aliphatic rings. The molecule has 0 aliphatic carbocycles. The van der Waals surface area contributed by atoms with Crippen LogP contribution >= 0.6 is 0 Å². The quantitative estimate of drug-likeness (QED) is 0.646. The van der Waals surface area contributed by atoms with Gasteiger partial charge in [-0.05, 0) is 13.8 Å². The van der Waals surface area contributed by atoms with E-state index in [1.807, 2.05) is 13.8 Å². The number of rotatable bonds is 1. The summed E-state index contributed by atoms with van der Waals surface area (Å²) < 4.78 is 0. The van der Waals surface area contributed by atoms with Crippen molar-refractivity contribution < 1.29 is 0 Å². The predicted molar refractivity (Wildman–Crippen MR) is 55.2 cm³/mol. The first-order valence-corrected chi connectivity index (χ1v) is 4.86. The maximum absolute atomic E-state index is 3.89. The Balaban J connectivity index is 0.000000561. The topological polar surface area (TPSA) is 15.3 Å². The molecule has 1 fully saturated rings. The molecule has 0 aromatic carbocycles. The maximum Gasteiger partial charge on any atom is 0.0379 e. The standard InChI is InChI=1S/C8H16N2.C2H6/c1-7(2)10-5-4-9-8(3)6-10;1-2/h7,9H,3-6H2,1-2H3;1-2H3. The zero-order valence-electron chi connectivity index (χ0n) is 8.85. The Morgan fingerprint density at radius 3 is 2.33 bits per heavy atom. The van der Waals surface area contributed by atoms with E-state index in [4.69, 9.17) is 0 Å². The highest BCUT2D eigenvalue weighted by atomic mass is 15.2. The van der Waals surface area contributed by atoms with Gasteiger partial charge in [0.1, 0.15) is 0 Å². The molecular weight excluding hydrogens is 148 g/mol. The molecule has 1 saturated heterocycles. The lowest BCUT2D eigenvalue weighted by molar-refractivity contribution is 0.218. The molecule has 0 atom stereocenters. The fourth-order valence-electron chi connectivity index (χ4n) is 1.20. The number of hydrogen-bond donors (Lipinski definition) is 1. The van der Waals surface area contributed by atoms with Crippen LogP contribution in [0.2, 0.25) is 0 Å². The van der Waals surface area contributed by atoms with Gasteiger partial charge in [-0.1, -0.05) is 20.4 Å². The van der Waals surface area contributed by atoms with E-state index in [9.17, 15) is 0 Å². The Kier molecular flexibility index (Phi) is 5.81. The lowest BCUT2D eigenvalue weighted by Crippen LogP contribution is -2.44. The average molecular weight is 170 g/mol. The molecule has 1 N–H and O–H groups in total. The third-order valence-corrected chi connectivity index (χ3v) is 1.90. The number of nitrogens with one attached hydrogen (secondary N) is 1. The van der Waals surface area contributed by atoms with Gasteiger partial charge in [0.2, 0.25) is 0 Å². The summed E-state index contributed by atoms with van der Waals surface area (Å²) in [5.74, 6) is 0. The van der Waals surface area contributed by atoms with Crippen LogP contribution in [0.3, 0.4) is 0 Å². The smallest absolute Gasteiger partial charge is 0.0379 e. The van der Waals surface area contributed by atoms with Gasteiger partial charge < -0.3 is 5.32 Å². The molecule has 0 radical (unpaired) electrons. The molecule has 0 aromatic heterocycles. The van der Waals surface area contributed by atoms with Gasteiger partial charge in [0.05, 0.1) is 0 Å². The van der Waals surface area contributed by atoms with Gasteiger partial charge >= 0.3 is 0 Å². The van der Waals surface area contributed by atoms with Gasteiger partial charge in [0.15, 0.2) is 0 Å². The molecule has 1 rings (SSSR count). The van der Waals surface area contributed by atoms with Gasteiger partial charge in [-0.2, -0.15) is 0 Å². The van der Waals surface area contributed by atoms with E-state index in [1.165, 1.54) is 0 Å². The summed E-state index contributed by atoms with van der Waals surface area (Å²) >= 11 is 0. The summed E-state index contributed by atoms with van der Waals surface area (Å²) in [6.45, 7) is 15.5. The third-order valence-electron chi connectivity index (χ3n) is 1.90. The van der Waals surface area contributed by atoms with Crippen LogP contribution in [-0.2, 0) is 0 Å². The molecule has 12 heavy (non-hydrogen) atoms. The van der Waals surface area contributed by atoms with Crippen LogP contribution in [0.5, 0.6) is 0 Å². The average Bonchev–Trinajstić information content (AvgIpc) is 2.08. The zero-order chi connectivity index (χ0) is 9.56. The van der Waals surface area contributed by atoms with E-state index in [-0.39, 0.29) is 0 Å². The first-order valence-electron chi connectivity index (χ1n) is 4.86. The van der Waals surface area contributed by atoms with E-state index in [2.05, 4.69) is 30.6 Å². The van der Waals surface area contributed by atoms with Crippen LogP contribution in [-0.4, -0.2) is 30.6 Å². The summed E-state index contributed by atoms with van der Waals surface area (Å²) in [5.41, 5.74) is 1.15. The summed E-state index contributed by atoms with van der Waals surface area (Å²) in [7, 11) is 0. The number of nitrogens with zero attached hydrogens (tertiary/aromatic N) is 1. The Bertz CT molecular complexity index is 130. The molecule has 0 saturated carbocycles. The van der Waals surface area contributed by atoms with Crippen molar-refractivity contribution in [2.45, 2.75) is 33.7 Å². The summed E-state index contributed by atoms with van der Waals surface area (Å²) in [6.07, 6.45) is 0. The Morgan fingerprint density at radius 2 is 2.00 bits per heavy atom. The molecular formula is C10H22N2. The highest BCUT2D eigenvalue weighted by molar-refractivity contribution is 4.98. The monoisotopic (exact) mass is 170 g/mol. The molecule has 2 heteroatoms. The molecule has 1 heterocycles. The summed E-state index contributed by atoms with van der Waals surface area (Å²) in [4.78, 5) is 2.42. The first-order chi connectivity index (χ1) is 5.70. The van der Waals surface area contributed by atoms with Crippen LogP contribution in [0.1, 0.15) is 27.7 Å². The van der Waals surface area contributed by atoms with Crippen molar-refractivity contribution in [1.29, 1.82) is 0 Å². The van der Waals surface area contributed by atoms with Crippen molar-refractivity contribution in [3.05, 3.63) is 12.3 Å². The van der Waals surface area contributed by atoms with Crippen molar-refractivity contribution in [3.8, 4) is 0 Å². The van der Waals surface area contributed by atoms with Crippen molar-refractivity contribution in [1.82, 2.24) is 10.2 Å². The second kappa shape index (κ2) is 6.06. The van der Waals surface area contributed by atoms with E-state index in [0.717, 1.165) is 25.3 Å².